The van der Waals surface area contributed by atoms with Gasteiger partial charge in [0.2, 0.25) is 0 Å². The second-order valence-corrected chi connectivity index (χ2v) is 5.12. The fourth-order valence-electron chi connectivity index (χ4n) is 2.51. The van der Waals surface area contributed by atoms with Crippen LogP contribution in [0.15, 0.2) is 18.2 Å². The van der Waals surface area contributed by atoms with Gasteiger partial charge in [-0.1, -0.05) is 6.92 Å². The Kier molecular flexibility index (Phi) is 4.19. The maximum atomic E-state index is 13.3. The Bertz CT molecular complexity index is 411. The summed E-state index contributed by atoms with van der Waals surface area (Å²) in [6.45, 7) is 4.81. The van der Waals surface area contributed by atoms with Crippen molar-refractivity contribution in [2.24, 2.45) is 11.7 Å². The molecule has 2 unspecified atom stereocenters. The number of halogens is 1. The molecule has 2 rings (SSSR count). The molecule has 3 nitrogen and oxygen atoms in total. The Labute approximate surface area is 108 Å². The van der Waals surface area contributed by atoms with Gasteiger partial charge in [0, 0.05) is 24.7 Å². The van der Waals surface area contributed by atoms with E-state index >= 15 is 0 Å². The van der Waals surface area contributed by atoms with Crippen LogP contribution in [0.3, 0.4) is 0 Å². The van der Waals surface area contributed by atoms with Gasteiger partial charge in [0.1, 0.15) is 11.6 Å². The minimum absolute atomic E-state index is 0.215. The van der Waals surface area contributed by atoms with E-state index in [4.69, 9.17) is 10.5 Å². The SMILES string of the molecule is COc1ccc(F)cc1CN1CCC(N)C(C)C1. The number of likely N-dealkylation sites (tertiary alicyclic amines) is 1. The minimum atomic E-state index is -0.215. The Morgan fingerprint density at radius 3 is 2.94 bits per heavy atom. The third-order valence-corrected chi connectivity index (χ3v) is 3.69. The van der Waals surface area contributed by atoms with Crippen molar-refractivity contribution >= 4 is 0 Å². The average Bonchev–Trinajstić information content (AvgIpc) is 2.34. The molecule has 1 aliphatic heterocycles. The van der Waals surface area contributed by atoms with Gasteiger partial charge in [-0.3, -0.25) is 4.90 Å². The van der Waals surface area contributed by atoms with Crippen LogP contribution in [0.2, 0.25) is 0 Å². The summed E-state index contributed by atoms with van der Waals surface area (Å²) in [5.41, 5.74) is 6.91. The second kappa shape index (κ2) is 5.67. The summed E-state index contributed by atoms with van der Waals surface area (Å²) in [4.78, 5) is 2.31. The van der Waals surface area contributed by atoms with Gasteiger partial charge in [-0.2, -0.15) is 0 Å². The van der Waals surface area contributed by atoms with E-state index in [2.05, 4.69) is 11.8 Å². The third kappa shape index (κ3) is 3.00. The van der Waals surface area contributed by atoms with Gasteiger partial charge in [-0.25, -0.2) is 4.39 Å². The first kappa shape index (κ1) is 13.3. The van der Waals surface area contributed by atoms with Crippen LogP contribution in [0.4, 0.5) is 4.39 Å². The number of ether oxygens (including phenoxy) is 1. The van der Waals surface area contributed by atoms with Crippen LogP contribution in [0, 0.1) is 11.7 Å². The van der Waals surface area contributed by atoms with E-state index in [1.165, 1.54) is 6.07 Å². The molecule has 1 aliphatic rings. The van der Waals surface area contributed by atoms with E-state index in [1.807, 2.05) is 0 Å². The lowest BCUT2D eigenvalue weighted by Gasteiger charge is -2.35. The van der Waals surface area contributed by atoms with Gasteiger partial charge in [0.15, 0.2) is 0 Å². The molecule has 18 heavy (non-hydrogen) atoms. The number of nitrogens with zero attached hydrogens (tertiary/aromatic N) is 1. The van der Waals surface area contributed by atoms with Gasteiger partial charge in [0.05, 0.1) is 7.11 Å². The van der Waals surface area contributed by atoms with E-state index in [1.54, 1.807) is 19.2 Å². The van der Waals surface area contributed by atoms with Crippen LogP contribution in [0.1, 0.15) is 18.9 Å². The van der Waals surface area contributed by atoms with Crippen LogP contribution in [-0.4, -0.2) is 31.1 Å². The van der Waals surface area contributed by atoms with Crippen molar-refractivity contribution in [3.8, 4) is 5.75 Å². The van der Waals surface area contributed by atoms with Crippen molar-refractivity contribution in [2.75, 3.05) is 20.2 Å². The zero-order valence-electron chi connectivity index (χ0n) is 11.0. The molecule has 100 valence electrons. The maximum Gasteiger partial charge on any atom is 0.123 e. The molecule has 0 spiro atoms. The summed E-state index contributed by atoms with van der Waals surface area (Å²) >= 11 is 0. The van der Waals surface area contributed by atoms with Gasteiger partial charge < -0.3 is 10.5 Å². The average molecular weight is 252 g/mol. The number of piperidine rings is 1. The predicted octanol–water partition coefficient (Wildman–Crippen LogP) is 2.00. The van der Waals surface area contributed by atoms with E-state index in [9.17, 15) is 4.39 Å². The van der Waals surface area contributed by atoms with Gasteiger partial charge in [0.25, 0.3) is 0 Å². The lowest BCUT2D eigenvalue weighted by atomic mass is 9.94. The monoisotopic (exact) mass is 252 g/mol. The highest BCUT2D eigenvalue weighted by atomic mass is 19.1. The molecule has 0 radical (unpaired) electrons. The van der Waals surface area contributed by atoms with Crippen molar-refractivity contribution in [3.63, 3.8) is 0 Å². The molecule has 0 aromatic heterocycles. The fourth-order valence-corrected chi connectivity index (χ4v) is 2.51. The summed E-state index contributed by atoms with van der Waals surface area (Å²) in [6.07, 6.45) is 0.999. The molecule has 0 bridgehead atoms. The number of methoxy groups -OCH3 is 1. The van der Waals surface area contributed by atoms with Crippen molar-refractivity contribution in [2.45, 2.75) is 25.9 Å². The lowest BCUT2D eigenvalue weighted by molar-refractivity contribution is 0.156. The van der Waals surface area contributed by atoms with E-state index in [-0.39, 0.29) is 11.9 Å². The van der Waals surface area contributed by atoms with Crippen molar-refractivity contribution in [3.05, 3.63) is 29.6 Å². The largest absolute Gasteiger partial charge is 0.496 e. The highest BCUT2D eigenvalue weighted by molar-refractivity contribution is 5.33. The van der Waals surface area contributed by atoms with Crippen LogP contribution in [-0.2, 0) is 6.54 Å². The molecule has 2 atom stereocenters. The van der Waals surface area contributed by atoms with Crippen LogP contribution >= 0.6 is 0 Å². The first-order chi connectivity index (χ1) is 8.60. The number of hydrogen-bond acceptors (Lipinski definition) is 3. The lowest BCUT2D eigenvalue weighted by Crippen LogP contribution is -2.45. The van der Waals surface area contributed by atoms with E-state index < -0.39 is 0 Å². The molecule has 2 N–H and O–H groups in total. The summed E-state index contributed by atoms with van der Waals surface area (Å²) < 4.78 is 18.6. The van der Waals surface area contributed by atoms with Crippen molar-refractivity contribution < 1.29 is 9.13 Å². The zero-order valence-corrected chi connectivity index (χ0v) is 11.0. The minimum Gasteiger partial charge on any atom is -0.496 e. The zero-order chi connectivity index (χ0) is 13.1. The molecule has 1 saturated heterocycles. The molecular formula is C14H21FN2O. The third-order valence-electron chi connectivity index (χ3n) is 3.69. The molecule has 1 fully saturated rings. The molecule has 1 aromatic carbocycles. The molecule has 0 aliphatic carbocycles. The Balaban J connectivity index is 2.07. The summed E-state index contributed by atoms with van der Waals surface area (Å²) in [5.74, 6) is 1.02. The molecule has 0 amide bonds. The van der Waals surface area contributed by atoms with Gasteiger partial charge in [-0.15, -0.1) is 0 Å². The standard InChI is InChI=1S/C14H21FN2O/c1-10-8-17(6-5-13(10)16)9-11-7-12(15)3-4-14(11)18-2/h3-4,7,10,13H,5-6,8-9,16H2,1-2H3. The Morgan fingerprint density at radius 2 is 2.28 bits per heavy atom. The van der Waals surface area contributed by atoms with E-state index in [0.29, 0.717) is 5.92 Å². The first-order valence-electron chi connectivity index (χ1n) is 6.40. The number of benzene rings is 1. The predicted molar refractivity (Wildman–Crippen MR) is 70.0 cm³/mol. The molecule has 1 aromatic rings. The van der Waals surface area contributed by atoms with Crippen LogP contribution < -0.4 is 10.5 Å². The highest BCUT2D eigenvalue weighted by Gasteiger charge is 2.23. The number of nitrogens with two attached hydrogens (primary N) is 1. The smallest absolute Gasteiger partial charge is 0.123 e. The highest BCUT2D eigenvalue weighted by Crippen LogP contribution is 2.23. The quantitative estimate of drug-likeness (QED) is 0.894. The van der Waals surface area contributed by atoms with Crippen molar-refractivity contribution in [1.29, 1.82) is 0 Å². The van der Waals surface area contributed by atoms with E-state index in [0.717, 1.165) is 37.4 Å². The van der Waals surface area contributed by atoms with Gasteiger partial charge in [-0.05, 0) is 37.1 Å². The summed E-state index contributed by atoms with van der Waals surface area (Å²) in [5, 5.41) is 0. The normalized spacial score (nSPS) is 25.1. The Hall–Kier alpha value is -1.13. The molecule has 1 heterocycles. The molecule has 4 heteroatoms. The van der Waals surface area contributed by atoms with Crippen molar-refractivity contribution in [1.82, 2.24) is 4.90 Å². The Morgan fingerprint density at radius 1 is 1.50 bits per heavy atom. The molecule has 0 saturated carbocycles. The first-order valence-corrected chi connectivity index (χ1v) is 6.40. The fraction of sp³-hybridized carbons (Fsp3) is 0.571. The summed E-state index contributed by atoms with van der Waals surface area (Å²) in [7, 11) is 1.62. The van der Waals surface area contributed by atoms with Crippen LogP contribution in [0.25, 0.3) is 0 Å². The second-order valence-electron chi connectivity index (χ2n) is 5.12. The number of rotatable bonds is 3. The number of hydrogen-bond donors (Lipinski definition) is 1. The molecular weight excluding hydrogens is 231 g/mol. The summed E-state index contributed by atoms with van der Waals surface area (Å²) in [6, 6.07) is 4.95. The van der Waals surface area contributed by atoms with Crippen LogP contribution in [0.5, 0.6) is 5.75 Å². The van der Waals surface area contributed by atoms with Gasteiger partial charge >= 0.3 is 0 Å². The topological polar surface area (TPSA) is 38.5 Å². The maximum absolute atomic E-state index is 13.3.